The molecule has 0 aromatic heterocycles. The van der Waals surface area contributed by atoms with E-state index in [0.29, 0.717) is 6.42 Å². The fourth-order valence-electron chi connectivity index (χ4n) is 2.08. The molecule has 100 valence electrons. The van der Waals surface area contributed by atoms with Crippen LogP contribution in [-0.2, 0) is 11.2 Å². The highest BCUT2D eigenvalue weighted by molar-refractivity contribution is 5.84. The van der Waals surface area contributed by atoms with Crippen LogP contribution >= 0.6 is 0 Å². The standard InChI is InChI=1S/C15H17NO3/c1-19-14-5-4-11-6-10(2-3-12(11)8-14)7-13(9-16)15(17)18/h2-6,8,13H,7,9,16H2,1H3,(H,17,18). The fraction of sp³-hybridized carbons (Fsp3) is 0.267. The van der Waals surface area contributed by atoms with Crippen LogP contribution in [0.3, 0.4) is 0 Å². The topological polar surface area (TPSA) is 72.5 Å². The Morgan fingerprint density at radius 1 is 1.26 bits per heavy atom. The molecule has 0 bridgehead atoms. The Morgan fingerprint density at radius 2 is 1.95 bits per heavy atom. The summed E-state index contributed by atoms with van der Waals surface area (Å²) in [5.74, 6) is -0.571. The van der Waals surface area contributed by atoms with E-state index in [1.807, 2.05) is 36.4 Å². The molecule has 0 aliphatic carbocycles. The van der Waals surface area contributed by atoms with Crippen LogP contribution < -0.4 is 10.5 Å². The van der Waals surface area contributed by atoms with E-state index >= 15 is 0 Å². The third-order valence-corrected chi connectivity index (χ3v) is 3.23. The highest BCUT2D eigenvalue weighted by atomic mass is 16.5. The van der Waals surface area contributed by atoms with Crippen molar-refractivity contribution >= 4 is 16.7 Å². The van der Waals surface area contributed by atoms with E-state index in [-0.39, 0.29) is 6.54 Å². The third kappa shape index (κ3) is 3.03. The molecule has 0 fully saturated rings. The van der Waals surface area contributed by atoms with Gasteiger partial charge >= 0.3 is 5.97 Å². The Kier molecular flexibility index (Phi) is 4.02. The SMILES string of the molecule is COc1ccc2cc(CC(CN)C(=O)O)ccc2c1. The maximum atomic E-state index is 11.0. The van der Waals surface area contributed by atoms with E-state index in [4.69, 9.17) is 15.6 Å². The summed E-state index contributed by atoms with van der Waals surface area (Å²) in [6, 6.07) is 11.7. The molecule has 2 aromatic rings. The van der Waals surface area contributed by atoms with Crippen molar-refractivity contribution in [2.24, 2.45) is 11.7 Å². The van der Waals surface area contributed by atoms with Crippen LogP contribution in [0.1, 0.15) is 5.56 Å². The Bertz CT molecular complexity index is 595. The van der Waals surface area contributed by atoms with Crippen LogP contribution in [0.15, 0.2) is 36.4 Å². The summed E-state index contributed by atoms with van der Waals surface area (Å²) >= 11 is 0. The number of ether oxygens (including phenoxy) is 1. The molecule has 3 N–H and O–H groups in total. The zero-order valence-electron chi connectivity index (χ0n) is 10.8. The Hall–Kier alpha value is -2.07. The van der Waals surface area contributed by atoms with Crippen molar-refractivity contribution in [2.75, 3.05) is 13.7 Å². The van der Waals surface area contributed by atoms with E-state index in [1.165, 1.54) is 0 Å². The molecule has 4 nitrogen and oxygen atoms in total. The molecular weight excluding hydrogens is 242 g/mol. The molecule has 0 spiro atoms. The Labute approximate surface area is 111 Å². The fourth-order valence-corrected chi connectivity index (χ4v) is 2.08. The van der Waals surface area contributed by atoms with Crippen molar-refractivity contribution in [2.45, 2.75) is 6.42 Å². The molecule has 2 aromatic carbocycles. The second kappa shape index (κ2) is 5.71. The molecular formula is C15H17NO3. The zero-order valence-corrected chi connectivity index (χ0v) is 10.8. The zero-order chi connectivity index (χ0) is 13.8. The summed E-state index contributed by atoms with van der Waals surface area (Å²) in [6.07, 6.45) is 0.452. The number of nitrogens with two attached hydrogens (primary N) is 1. The number of carboxylic acids is 1. The van der Waals surface area contributed by atoms with Crippen molar-refractivity contribution in [3.63, 3.8) is 0 Å². The predicted octanol–water partition coefficient (Wildman–Crippen LogP) is 2.05. The molecule has 1 unspecified atom stereocenters. The number of carboxylic acid groups (broad SMARTS) is 1. The minimum Gasteiger partial charge on any atom is -0.497 e. The van der Waals surface area contributed by atoms with Gasteiger partial charge in [-0.3, -0.25) is 4.79 Å². The third-order valence-electron chi connectivity index (χ3n) is 3.23. The molecule has 0 aliphatic heterocycles. The number of hydrogen-bond acceptors (Lipinski definition) is 3. The number of rotatable bonds is 5. The van der Waals surface area contributed by atoms with E-state index < -0.39 is 11.9 Å². The molecule has 1 atom stereocenters. The average molecular weight is 259 g/mol. The number of methoxy groups -OCH3 is 1. The van der Waals surface area contributed by atoms with Crippen molar-refractivity contribution in [1.29, 1.82) is 0 Å². The second-order valence-electron chi connectivity index (χ2n) is 4.52. The van der Waals surface area contributed by atoms with Gasteiger partial charge in [-0.25, -0.2) is 0 Å². The smallest absolute Gasteiger partial charge is 0.308 e. The van der Waals surface area contributed by atoms with Gasteiger partial charge in [-0.05, 0) is 34.9 Å². The quantitative estimate of drug-likeness (QED) is 0.862. The summed E-state index contributed by atoms with van der Waals surface area (Å²) in [6.45, 7) is 0.149. The first-order valence-corrected chi connectivity index (χ1v) is 6.13. The number of benzene rings is 2. The minimum atomic E-state index is -0.850. The van der Waals surface area contributed by atoms with Gasteiger partial charge in [0.25, 0.3) is 0 Å². The predicted molar refractivity (Wildman–Crippen MR) is 74.4 cm³/mol. The second-order valence-corrected chi connectivity index (χ2v) is 4.52. The first-order valence-electron chi connectivity index (χ1n) is 6.13. The van der Waals surface area contributed by atoms with Crippen LogP contribution in [0.2, 0.25) is 0 Å². The van der Waals surface area contributed by atoms with E-state index in [1.54, 1.807) is 7.11 Å². The van der Waals surface area contributed by atoms with E-state index in [9.17, 15) is 4.79 Å². The molecule has 4 heteroatoms. The van der Waals surface area contributed by atoms with Gasteiger partial charge in [0.1, 0.15) is 5.75 Å². The van der Waals surface area contributed by atoms with E-state index in [2.05, 4.69) is 0 Å². The molecule has 0 saturated heterocycles. The molecule has 0 heterocycles. The summed E-state index contributed by atoms with van der Waals surface area (Å²) in [5.41, 5.74) is 6.46. The van der Waals surface area contributed by atoms with Crippen molar-refractivity contribution in [3.8, 4) is 5.75 Å². The number of aliphatic carboxylic acids is 1. The van der Waals surface area contributed by atoms with Crippen LogP contribution in [0.4, 0.5) is 0 Å². The van der Waals surface area contributed by atoms with Gasteiger partial charge in [0.15, 0.2) is 0 Å². The highest BCUT2D eigenvalue weighted by Crippen LogP contribution is 2.22. The summed E-state index contributed by atoms with van der Waals surface area (Å²) in [5, 5.41) is 11.2. The largest absolute Gasteiger partial charge is 0.497 e. The van der Waals surface area contributed by atoms with Gasteiger partial charge in [0.2, 0.25) is 0 Å². The molecule has 2 rings (SSSR count). The van der Waals surface area contributed by atoms with Gasteiger partial charge < -0.3 is 15.6 Å². The summed E-state index contributed by atoms with van der Waals surface area (Å²) in [4.78, 5) is 11.0. The maximum Gasteiger partial charge on any atom is 0.308 e. The lowest BCUT2D eigenvalue weighted by Gasteiger charge is -2.10. The van der Waals surface area contributed by atoms with Gasteiger partial charge in [-0.1, -0.05) is 24.3 Å². The van der Waals surface area contributed by atoms with Crippen LogP contribution in [0, 0.1) is 5.92 Å². The van der Waals surface area contributed by atoms with Crippen molar-refractivity contribution < 1.29 is 14.6 Å². The monoisotopic (exact) mass is 259 g/mol. The lowest BCUT2D eigenvalue weighted by atomic mass is 9.97. The van der Waals surface area contributed by atoms with Crippen molar-refractivity contribution in [3.05, 3.63) is 42.0 Å². The van der Waals surface area contributed by atoms with Crippen LogP contribution in [0.5, 0.6) is 5.75 Å². The van der Waals surface area contributed by atoms with Gasteiger partial charge in [0.05, 0.1) is 13.0 Å². The number of fused-ring (bicyclic) bond motifs is 1. The highest BCUT2D eigenvalue weighted by Gasteiger charge is 2.15. The molecule has 0 amide bonds. The Balaban J connectivity index is 2.29. The van der Waals surface area contributed by atoms with Crippen LogP contribution in [-0.4, -0.2) is 24.7 Å². The summed E-state index contributed by atoms with van der Waals surface area (Å²) < 4.78 is 5.17. The van der Waals surface area contributed by atoms with Gasteiger partial charge in [-0.2, -0.15) is 0 Å². The lowest BCUT2D eigenvalue weighted by Crippen LogP contribution is -2.25. The molecule has 0 radical (unpaired) electrons. The van der Waals surface area contributed by atoms with Crippen LogP contribution in [0.25, 0.3) is 10.8 Å². The van der Waals surface area contributed by atoms with Gasteiger partial charge in [-0.15, -0.1) is 0 Å². The lowest BCUT2D eigenvalue weighted by molar-refractivity contribution is -0.141. The first kappa shape index (κ1) is 13.4. The molecule has 0 saturated carbocycles. The number of hydrogen-bond donors (Lipinski definition) is 2. The van der Waals surface area contributed by atoms with Crippen molar-refractivity contribution in [1.82, 2.24) is 0 Å². The maximum absolute atomic E-state index is 11.0. The summed E-state index contributed by atoms with van der Waals surface area (Å²) in [7, 11) is 1.63. The van der Waals surface area contributed by atoms with Gasteiger partial charge in [0, 0.05) is 6.54 Å². The normalized spacial score (nSPS) is 12.3. The number of carbonyl (C=O) groups is 1. The minimum absolute atomic E-state index is 0.149. The molecule has 0 aliphatic rings. The Morgan fingerprint density at radius 3 is 2.58 bits per heavy atom. The van der Waals surface area contributed by atoms with E-state index in [0.717, 1.165) is 22.1 Å². The molecule has 19 heavy (non-hydrogen) atoms. The average Bonchev–Trinajstić information content (AvgIpc) is 2.43. The first-order chi connectivity index (χ1) is 9.13.